The lowest BCUT2D eigenvalue weighted by Crippen LogP contribution is -2.27. The van der Waals surface area contributed by atoms with E-state index in [4.69, 9.17) is 17.3 Å². The van der Waals surface area contributed by atoms with Crippen LogP contribution in [0.15, 0.2) is 40.9 Å². The van der Waals surface area contributed by atoms with Crippen LogP contribution in [0, 0.1) is 6.92 Å². The summed E-state index contributed by atoms with van der Waals surface area (Å²) in [4.78, 5) is 12.4. The number of amides is 1. The number of hydrogen-bond donors (Lipinski definition) is 2. The first-order valence-corrected chi connectivity index (χ1v) is 7.68. The first-order valence-electron chi connectivity index (χ1n) is 6.51. The molecule has 0 aliphatic carbocycles. The summed E-state index contributed by atoms with van der Waals surface area (Å²) in [6.45, 7) is 3.73. The van der Waals surface area contributed by atoms with Gasteiger partial charge in [-0.2, -0.15) is 0 Å². The number of rotatable bonds is 3. The van der Waals surface area contributed by atoms with Crippen molar-refractivity contribution in [3.05, 3.63) is 62.6 Å². The zero-order valence-corrected chi connectivity index (χ0v) is 14.1. The van der Waals surface area contributed by atoms with E-state index < -0.39 is 0 Å². The van der Waals surface area contributed by atoms with Crippen LogP contribution in [-0.2, 0) is 0 Å². The summed E-state index contributed by atoms with van der Waals surface area (Å²) >= 11 is 9.51. The summed E-state index contributed by atoms with van der Waals surface area (Å²) in [7, 11) is 0. The first kappa shape index (κ1) is 15.9. The molecule has 0 fully saturated rings. The van der Waals surface area contributed by atoms with Crippen molar-refractivity contribution in [3.8, 4) is 0 Å². The van der Waals surface area contributed by atoms with E-state index in [0.29, 0.717) is 16.3 Å². The van der Waals surface area contributed by atoms with Gasteiger partial charge in [0.2, 0.25) is 0 Å². The predicted molar refractivity (Wildman–Crippen MR) is 90.6 cm³/mol. The van der Waals surface area contributed by atoms with Crippen molar-refractivity contribution in [2.75, 3.05) is 5.73 Å². The zero-order valence-electron chi connectivity index (χ0n) is 11.8. The largest absolute Gasteiger partial charge is 0.398 e. The molecule has 1 amide bonds. The third-order valence-electron chi connectivity index (χ3n) is 3.38. The van der Waals surface area contributed by atoms with Crippen LogP contribution in [0.3, 0.4) is 0 Å². The molecular formula is C16H16BrClN2O. The maximum Gasteiger partial charge on any atom is 0.252 e. The lowest BCUT2D eigenvalue weighted by Gasteiger charge is -2.17. The second kappa shape index (κ2) is 6.50. The SMILES string of the molecule is Cc1c(N)cc(Br)cc1C(=O)NC(C)c1ccccc1Cl. The van der Waals surface area contributed by atoms with Crippen molar-refractivity contribution in [1.82, 2.24) is 5.32 Å². The van der Waals surface area contributed by atoms with Crippen molar-refractivity contribution in [2.45, 2.75) is 19.9 Å². The van der Waals surface area contributed by atoms with Gasteiger partial charge < -0.3 is 11.1 Å². The summed E-state index contributed by atoms with van der Waals surface area (Å²) in [6.07, 6.45) is 0. The van der Waals surface area contributed by atoms with E-state index in [0.717, 1.165) is 15.6 Å². The molecule has 21 heavy (non-hydrogen) atoms. The van der Waals surface area contributed by atoms with Gasteiger partial charge >= 0.3 is 0 Å². The van der Waals surface area contributed by atoms with E-state index >= 15 is 0 Å². The van der Waals surface area contributed by atoms with E-state index in [9.17, 15) is 4.79 Å². The van der Waals surface area contributed by atoms with Crippen molar-refractivity contribution in [1.29, 1.82) is 0 Å². The Labute approximate surface area is 137 Å². The van der Waals surface area contributed by atoms with Gasteiger partial charge in [-0.15, -0.1) is 0 Å². The first-order chi connectivity index (χ1) is 9.90. The molecule has 0 heterocycles. The van der Waals surface area contributed by atoms with Gasteiger partial charge in [-0.25, -0.2) is 0 Å². The molecule has 0 saturated carbocycles. The third-order valence-corrected chi connectivity index (χ3v) is 4.18. The Morgan fingerprint density at radius 3 is 2.67 bits per heavy atom. The van der Waals surface area contributed by atoms with Crippen LogP contribution in [0.2, 0.25) is 5.02 Å². The van der Waals surface area contributed by atoms with Gasteiger partial charge in [-0.3, -0.25) is 4.79 Å². The summed E-state index contributed by atoms with van der Waals surface area (Å²) in [5.41, 5.74) is 8.68. The molecule has 2 aromatic carbocycles. The van der Waals surface area contributed by atoms with E-state index in [1.54, 1.807) is 12.1 Å². The summed E-state index contributed by atoms with van der Waals surface area (Å²) in [5, 5.41) is 3.58. The second-order valence-electron chi connectivity index (χ2n) is 4.88. The lowest BCUT2D eigenvalue weighted by molar-refractivity contribution is 0.0939. The summed E-state index contributed by atoms with van der Waals surface area (Å²) in [5.74, 6) is -0.173. The molecule has 0 aromatic heterocycles. The Balaban J connectivity index is 2.25. The Morgan fingerprint density at radius 1 is 1.33 bits per heavy atom. The highest BCUT2D eigenvalue weighted by Crippen LogP contribution is 2.25. The van der Waals surface area contributed by atoms with Gasteiger partial charge in [0.15, 0.2) is 0 Å². The molecule has 1 unspecified atom stereocenters. The van der Waals surface area contributed by atoms with E-state index in [-0.39, 0.29) is 11.9 Å². The van der Waals surface area contributed by atoms with Crippen molar-refractivity contribution in [3.63, 3.8) is 0 Å². The minimum absolute atomic E-state index is 0.173. The Kier molecular flexibility index (Phi) is 4.91. The highest BCUT2D eigenvalue weighted by molar-refractivity contribution is 9.10. The fraction of sp³-hybridized carbons (Fsp3) is 0.188. The molecular weight excluding hydrogens is 352 g/mol. The molecule has 0 saturated heterocycles. The topological polar surface area (TPSA) is 55.1 Å². The zero-order chi connectivity index (χ0) is 15.6. The standard InChI is InChI=1S/C16H16BrClN2O/c1-9-13(7-11(17)8-15(9)19)16(21)20-10(2)12-5-3-4-6-14(12)18/h3-8,10H,19H2,1-2H3,(H,20,21). The van der Waals surface area contributed by atoms with Gasteiger partial charge in [-0.05, 0) is 43.2 Å². The van der Waals surface area contributed by atoms with Gasteiger partial charge in [0.1, 0.15) is 0 Å². The number of nitrogens with two attached hydrogens (primary N) is 1. The number of benzene rings is 2. The highest BCUT2D eigenvalue weighted by atomic mass is 79.9. The van der Waals surface area contributed by atoms with Gasteiger partial charge in [-0.1, -0.05) is 45.7 Å². The molecule has 2 aromatic rings. The molecule has 5 heteroatoms. The highest BCUT2D eigenvalue weighted by Gasteiger charge is 2.16. The van der Waals surface area contributed by atoms with Crippen molar-refractivity contribution >= 4 is 39.1 Å². The molecule has 2 rings (SSSR count). The number of carbonyl (C=O) groups excluding carboxylic acids is 1. The molecule has 0 aliphatic rings. The van der Waals surface area contributed by atoms with Crippen LogP contribution >= 0.6 is 27.5 Å². The molecule has 0 bridgehead atoms. The molecule has 3 N–H and O–H groups in total. The average molecular weight is 368 g/mol. The van der Waals surface area contributed by atoms with Crippen LogP contribution in [0.4, 0.5) is 5.69 Å². The van der Waals surface area contributed by atoms with Crippen molar-refractivity contribution < 1.29 is 4.79 Å². The molecule has 0 spiro atoms. The Hall–Kier alpha value is -1.52. The Bertz CT molecular complexity index is 688. The fourth-order valence-corrected chi connectivity index (χ4v) is 2.89. The second-order valence-corrected chi connectivity index (χ2v) is 6.21. The number of nitrogen functional groups attached to an aromatic ring is 1. The minimum Gasteiger partial charge on any atom is -0.398 e. The van der Waals surface area contributed by atoms with Gasteiger partial charge in [0.25, 0.3) is 5.91 Å². The van der Waals surface area contributed by atoms with Crippen LogP contribution in [-0.4, -0.2) is 5.91 Å². The molecule has 0 radical (unpaired) electrons. The maximum atomic E-state index is 12.4. The maximum absolute atomic E-state index is 12.4. The number of nitrogens with one attached hydrogen (secondary N) is 1. The summed E-state index contributed by atoms with van der Waals surface area (Å²) in [6, 6.07) is 10.8. The van der Waals surface area contributed by atoms with Crippen LogP contribution in [0.25, 0.3) is 0 Å². The van der Waals surface area contributed by atoms with Crippen LogP contribution < -0.4 is 11.1 Å². The van der Waals surface area contributed by atoms with Crippen molar-refractivity contribution in [2.24, 2.45) is 0 Å². The van der Waals surface area contributed by atoms with E-state index in [1.807, 2.05) is 38.1 Å². The van der Waals surface area contributed by atoms with Gasteiger partial charge in [0, 0.05) is 20.7 Å². The van der Waals surface area contributed by atoms with Gasteiger partial charge in [0.05, 0.1) is 6.04 Å². The normalized spacial score (nSPS) is 12.0. The number of halogens is 2. The summed E-state index contributed by atoms with van der Waals surface area (Å²) < 4.78 is 0.779. The number of anilines is 1. The molecule has 3 nitrogen and oxygen atoms in total. The third kappa shape index (κ3) is 3.57. The minimum atomic E-state index is -0.189. The molecule has 110 valence electrons. The average Bonchev–Trinajstić information content (AvgIpc) is 2.43. The van der Waals surface area contributed by atoms with E-state index in [2.05, 4.69) is 21.2 Å². The Morgan fingerprint density at radius 2 is 2.00 bits per heavy atom. The van der Waals surface area contributed by atoms with Crippen LogP contribution in [0.5, 0.6) is 0 Å². The van der Waals surface area contributed by atoms with E-state index in [1.165, 1.54) is 0 Å². The van der Waals surface area contributed by atoms with Crippen LogP contribution in [0.1, 0.15) is 34.5 Å². The fourth-order valence-electron chi connectivity index (χ4n) is 2.11. The molecule has 0 aliphatic heterocycles. The predicted octanol–water partition coefficient (Wildman–Crippen LogP) is 4.48. The number of hydrogen-bond acceptors (Lipinski definition) is 2. The molecule has 1 atom stereocenters. The monoisotopic (exact) mass is 366 g/mol. The number of carbonyl (C=O) groups is 1. The smallest absolute Gasteiger partial charge is 0.252 e. The quantitative estimate of drug-likeness (QED) is 0.786. The lowest BCUT2D eigenvalue weighted by atomic mass is 10.0.